The molecule has 3 N–H and O–H groups in total. The molecule has 0 heterocycles. The smallest absolute Gasteiger partial charge is 0.337 e. The van der Waals surface area contributed by atoms with Crippen LogP contribution < -0.4 is 10.0 Å². The molecule has 1 rings (SSSR count). The molecule has 1 aromatic rings. The fourth-order valence-electron chi connectivity index (χ4n) is 2.45. The van der Waals surface area contributed by atoms with E-state index >= 15 is 0 Å². The van der Waals surface area contributed by atoms with E-state index in [0.717, 1.165) is 12.8 Å². The Kier molecular flexibility index (Phi) is 9.04. The standard InChI is InChI=1S/C18H30N2O5S/c1-5-7-14(4)20-17-9-8-15(12-16(17)18(21)22)26(23,24)19-10-6-11-25-13(2)3/h8-9,12-14,19-20H,5-7,10-11H2,1-4H3,(H,21,22)/t14-/m0/s1. The molecule has 7 nitrogen and oxygen atoms in total. The summed E-state index contributed by atoms with van der Waals surface area (Å²) in [6.07, 6.45) is 2.49. The fourth-order valence-corrected chi connectivity index (χ4v) is 3.54. The highest BCUT2D eigenvalue weighted by molar-refractivity contribution is 7.89. The number of nitrogens with one attached hydrogen (secondary N) is 2. The lowest BCUT2D eigenvalue weighted by Crippen LogP contribution is -2.26. The fraction of sp³-hybridized carbons (Fsp3) is 0.611. The number of carboxylic acids is 1. The highest BCUT2D eigenvalue weighted by Gasteiger charge is 2.19. The largest absolute Gasteiger partial charge is 0.478 e. The van der Waals surface area contributed by atoms with Crippen LogP contribution in [0.25, 0.3) is 0 Å². The monoisotopic (exact) mass is 386 g/mol. The molecule has 26 heavy (non-hydrogen) atoms. The van der Waals surface area contributed by atoms with Crippen molar-refractivity contribution in [3.05, 3.63) is 23.8 Å². The van der Waals surface area contributed by atoms with Crippen molar-refractivity contribution in [3.8, 4) is 0 Å². The second-order valence-electron chi connectivity index (χ2n) is 6.52. The van der Waals surface area contributed by atoms with Crippen molar-refractivity contribution in [2.75, 3.05) is 18.5 Å². The van der Waals surface area contributed by atoms with Crippen LogP contribution in [0.15, 0.2) is 23.1 Å². The zero-order chi connectivity index (χ0) is 19.7. The normalized spacial score (nSPS) is 13.0. The van der Waals surface area contributed by atoms with Gasteiger partial charge in [-0.05, 0) is 51.8 Å². The van der Waals surface area contributed by atoms with Gasteiger partial charge in [-0.1, -0.05) is 13.3 Å². The van der Waals surface area contributed by atoms with Crippen molar-refractivity contribution in [1.29, 1.82) is 0 Å². The van der Waals surface area contributed by atoms with Gasteiger partial charge in [-0.3, -0.25) is 0 Å². The molecule has 0 bridgehead atoms. The topological polar surface area (TPSA) is 105 Å². The third-order valence-electron chi connectivity index (χ3n) is 3.72. The highest BCUT2D eigenvalue weighted by Crippen LogP contribution is 2.22. The van der Waals surface area contributed by atoms with Gasteiger partial charge in [0, 0.05) is 24.9 Å². The van der Waals surface area contributed by atoms with Crippen LogP contribution in [-0.2, 0) is 14.8 Å². The zero-order valence-corrected chi connectivity index (χ0v) is 16.7. The molecule has 0 aliphatic rings. The Hall–Kier alpha value is -1.64. The van der Waals surface area contributed by atoms with Gasteiger partial charge in [-0.15, -0.1) is 0 Å². The molecule has 0 unspecified atom stereocenters. The van der Waals surface area contributed by atoms with E-state index < -0.39 is 16.0 Å². The summed E-state index contributed by atoms with van der Waals surface area (Å²) in [7, 11) is -3.77. The maximum atomic E-state index is 12.4. The van der Waals surface area contributed by atoms with Crippen molar-refractivity contribution in [3.63, 3.8) is 0 Å². The Morgan fingerprint density at radius 3 is 2.54 bits per heavy atom. The van der Waals surface area contributed by atoms with Crippen LogP contribution in [0.1, 0.15) is 57.3 Å². The first kappa shape index (κ1) is 22.4. The van der Waals surface area contributed by atoms with Crippen LogP contribution in [0.3, 0.4) is 0 Å². The lowest BCUT2D eigenvalue weighted by Gasteiger charge is -2.17. The molecular weight excluding hydrogens is 356 g/mol. The van der Waals surface area contributed by atoms with E-state index in [-0.39, 0.29) is 29.1 Å². The van der Waals surface area contributed by atoms with Crippen LogP contribution in [0.4, 0.5) is 5.69 Å². The van der Waals surface area contributed by atoms with Gasteiger partial charge in [0.1, 0.15) is 0 Å². The van der Waals surface area contributed by atoms with Gasteiger partial charge in [0.05, 0.1) is 16.6 Å². The van der Waals surface area contributed by atoms with Gasteiger partial charge in [0.25, 0.3) is 0 Å². The number of carboxylic acid groups (broad SMARTS) is 1. The van der Waals surface area contributed by atoms with E-state index in [9.17, 15) is 18.3 Å². The molecule has 0 saturated heterocycles. The van der Waals surface area contributed by atoms with E-state index in [4.69, 9.17) is 4.74 Å². The predicted octanol–water partition coefficient (Wildman–Crippen LogP) is 3.08. The Labute approximate surface area is 156 Å². The van der Waals surface area contributed by atoms with E-state index in [1.54, 1.807) is 0 Å². The average Bonchev–Trinajstić information content (AvgIpc) is 2.54. The first-order valence-corrected chi connectivity index (χ1v) is 10.4. The van der Waals surface area contributed by atoms with Crippen LogP contribution in [0.2, 0.25) is 0 Å². The highest BCUT2D eigenvalue weighted by atomic mass is 32.2. The van der Waals surface area contributed by atoms with Gasteiger partial charge < -0.3 is 15.2 Å². The molecular formula is C18H30N2O5S. The minimum absolute atomic E-state index is 0.0565. The summed E-state index contributed by atoms with van der Waals surface area (Å²) in [5.41, 5.74) is 0.363. The molecule has 0 aliphatic heterocycles. The molecule has 0 aromatic heterocycles. The number of carbonyl (C=O) groups is 1. The number of hydrogen-bond donors (Lipinski definition) is 3. The van der Waals surface area contributed by atoms with Crippen LogP contribution in [0.5, 0.6) is 0 Å². The summed E-state index contributed by atoms with van der Waals surface area (Å²) in [5.74, 6) is -1.17. The van der Waals surface area contributed by atoms with Gasteiger partial charge in [-0.25, -0.2) is 17.9 Å². The van der Waals surface area contributed by atoms with E-state index in [2.05, 4.69) is 10.0 Å². The molecule has 148 valence electrons. The Morgan fingerprint density at radius 1 is 1.27 bits per heavy atom. The Bertz CT molecular complexity index is 689. The Morgan fingerprint density at radius 2 is 1.96 bits per heavy atom. The summed E-state index contributed by atoms with van der Waals surface area (Å²) in [4.78, 5) is 11.5. The first-order valence-electron chi connectivity index (χ1n) is 8.92. The second kappa shape index (κ2) is 10.5. The van der Waals surface area contributed by atoms with Crippen LogP contribution >= 0.6 is 0 Å². The number of anilines is 1. The predicted molar refractivity (Wildman–Crippen MR) is 102 cm³/mol. The number of rotatable bonds is 12. The van der Waals surface area contributed by atoms with Crippen molar-refractivity contribution in [2.45, 2.75) is 64.0 Å². The van der Waals surface area contributed by atoms with E-state index in [1.165, 1.54) is 18.2 Å². The van der Waals surface area contributed by atoms with Crippen LogP contribution in [0, 0.1) is 0 Å². The van der Waals surface area contributed by atoms with Gasteiger partial charge in [0.2, 0.25) is 10.0 Å². The molecule has 8 heteroatoms. The van der Waals surface area contributed by atoms with Crippen molar-refractivity contribution in [1.82, 2.24) is 4.72 Å². The molecule has 0 radical (unpaired) electrons. The Balaban J connectivity index is 2.85. The third kappa shape index (κ3) is 7.31. The van der Waals surface area contributed by atoms with Gasteiger partial charge in [-0.2, -0.15) is 0 Å². The summed E-state index contributed by atoms with van der Waals surface area (Å²) in [6.45, 7) is 8.51. The van der Waals surface area contributed by atoms with Crippen molar-refractivity contribution >= 4 is 21.7 Å². The lowest BCUT2D eigenvalue weighted by molar-refractivity contribution is 0.0697. The van der Waals surface area contributed by atoms with E-state index in [1.807, 2.05) is 27.7 Å². The average molecular weight is 387 g/mol. The number of hydrogen-bond acceptors (Lipinski definition) is 5. The third-order valence-corrected chi connectivity index (χ3v) is 5.18. The summed E-state index contributed by atoms with van der Waals surface area (Å²) < 4.78 is 32.6. The molecule has 0 amide bonds. The molecule has 0 saturated carbocycles. The SMILES string of the molecule is CCC[C@H](C)Nc1ccc(S(=O)(=O)NCCCOC(C)C)cc1C(=O)O. The minimum Gasteiger partial charge on any atom is -0.478 e. The number of aromatic carboxylic acids is 1. The molecule has 0 fully saturated rings. The molecule has 0 spiro atoms. The lowest BCUT2D eigenvalue weighted by atomic mass is 10.1. The van der Waals surface area contributed by atoms with E-state index in [0.29, 0.717) is 18.7 Å². The minimum atomic E-state index is -3.77. The number of benzene rings is 1. The molecule has 0 aliphatic carbocycles. The van der Waals surface area contributed by atoms with Gasteiger partial charge >= 0.3 is 5.97 Å². The first-order chi connectivity index (χ1) is 12.2. The maximum Gasteiger partial charge on any atom is 0.337 e. The summed E-state index contributed by atoms with van der Waals surface area (Å²) in [5, 5.41) is 12.6. The summed E-state index contributed by atoms with van der Waals surface area (Å²) in [6, 6.07) is 4.21. The van der Waals surface area contributed by atoms with Crippen molar-refractivity contribution in [2.24, 2.45) is 0 Å². The molecule has 1 aromatic carbocycles. The molecule has 1 atom stereocenters. The quantitative estimate of drug-likeness (QED) is 0.477. The second-order valence-corrected chi connectivity index (χ2v) is 8.28. The van der Waals surface area contributed by atoms with Gasteiger partial charge in [0.15, 0.2) is 0 Å². The summed E-state index contributed by atoms with van der Waals surface area (Å²) >= 11 is 0. The number of ether oxygens (including phenoxy) is 1. The maximum absolute atomic E-state index is 12.4. The number of sulfonamides is 1. The zero-order valence-electron chi connectivity index (χ0n) is 15.9. The van der Waals surface area contributed by atoms with Crippen molar-refractivity contribution < 1.29 is 23.1 Å². The van der Waals surface area contributed by atoms with Crippen LogP contribution in [-0.4, -0.2) is 44.8 Å².